The highest BCUT2D eigenvalue weighted by Crippen LogP contribution is 2.29. The molecule has 1 aromatic carbocycles. The number of amides is 1. The highest BCUT2D eigenvalue weighted by molar-refractivity contribution is 5.69. The molecule has 0 aliphatic carbocycles. The first-order chi connectivity index (χ1) is 8.63. The van der Waals surface area contributed by atoms with Crippen LogP contribution in [0.25, 0.3) is 0 Å². The van der Waals surface area contributed by atoms with Crippen molar-refractivity contribution in [2.45, 2.75) is 18.7 Å². The number of hydrogen-bond donors (Lipinski definition) is 0. The maximum absolute atomic E-state index is 13.6. The summed E-state index contributed by atoms with van der Waals surface area (Å²) in [4.78, 5) is 12.8. The van der Waals surface area contributed by atoms with Crippen molar-refractivity contribution in [3.8, 4) is 6.07 Å². The molecule has 0 spiro atoms. The van der Waals surface area contributed by atoms with Gasteiger partial charge in [-0.05, 0) is 5.56 Å². The molecule has 1 aliphatic heterocycles. The monoisotopic (exact) mass is 248 g/mol. The smallest absolute Gasteiger partial charge is 0.410 e. The molecule has 94 valence electrons. The molecule has 1 heterocycles. The Morgan fingerprint density at radius 2 is 2.11 bits per heavy atom. The molecule has 0 bridgehead atoms. The van der Waals surface area contributed by atoms with Crippen molar-refractivity contribution < 1.29 is 13.9 Å². The maximum atomic E-state index is 13.6. The zero-order valence-corrected chi connectivity index (χ0v) is 9.80. The van der Waals surface area contributed by atoms with E-state index in [2.05, 4.69) is 0 Å². The standard InChI is InChI=1S/C13H13FN2O2/c14-13(6-7-15)9-16(10-13)12(17)18-8-11-4-2-1-3-5-11/h1-5H,6,8-10H2. The summed E-state index contributed by atoms with van der Waals surface area (Å²) < 4.78 is 18.6. The van der Waals surface area contributed by atoms with Gasteiger partial charge in [-0.25, -0.2) is 9.18 Å². The Morgan fingerprint density at radius 1 is 1.44 bits per heavy atom. The number of nitrogens with zero attached hydrogens (tertiary/aromatic N) is 2. The Morgan fingerprint density at radius 3 is 2.72 bits per heavy atom. The van der Waals surface area contributed by atoms with Crippen LogP contribution in [0, 0.1) is 11.3 Å². The molecule has 5 heteroatoms. The minimum Gasteiger partial charge on any atom is -0.445 e. The Kier molecular flexibility index (Phi) is 3.47. The summed E-state index contributed by atoms with van der Waals surface area (Å²) >= 11 is 0. The van der Waals surface area contributed by atoms with Crippen molar-refractivity contribution in [3.05, 3.63) is 35.9 Å². The minimum atomic E-state index is -1.56. The number of ether oxygens (including phenoxy) is 1. The van der Waals surface area contributed by atoms with E-state index in [1.165, 1.54) is 4.90 Å². The van der Waals surface area contributed by atoms with Gasteiger partial charge in [0, 0.05) is 0 Å². The van der Waals surface area contributed by atoms with Crippen molar-refractivity contribution in [1.82, 2.24) is 4.90 Å². The molecule has 18 heavy (non-hydrogen) atoms. The largest absolute Gasteiger partial charge is 0.445 e. The number of alkyl halides is 1. The molecule has 2 rings (SSSR count). The van der Waals surface area contributed by atoms with Crippen molar-refractivity contribution in [1.29, 1.82) is 5.26 Å². The zero-order valence-electron chi connectivity index (χ0n) is 9.80. The molecule has 1 aliphatic rings. The van der Waals surface area contributed by atoms with Crippen LogP contribution in [0.4, 0.5) is 9.18 Å². The summed E-state index contributed by atoms with van der Waals surface area (Å²) in [7, 11) is 0. The van der Waals surface area contributed by atoms with Crippen molar-refractivity contribution >= 4 is 6.09 Å². The van der Waals surface area contributed by atoms with E-state index < -0.39 is 11.8 Å². The molecule has 0 unspecified atom stereocenters. The highest BCUT2D eigenvalue weighted by Gasteiger charge is 2.46. The van der Waals surface area contributed by atoms with Crippen LogP contribution in [0.3, 0.4) is 0 Å². The van der Waals surface area contributed by atoms with E-state index in [0.717, 1.165) is 5.56 Å². The third kappa shape index (κ3) is 2.77. The molecular weight excluding hydrogens is 235 g/mol. The summed E-state index contributed by atoms with van der Waals surface area (Å²) in [5, 5.41) is 8.42. The third-order valence-corrected chi connectivity index (χ3v) is 2.81. The number of nitriles is 1. The van der Waals surface area contributed by atoms with E-state index >= 15 is 0 Å². The number of likely N-dealkylation sites (tertiary alicyclic amines) is 1. The number of halogens is 1. The van der Waals surface area contributed by atoms with Crippen LogP contribution in [0.2, 0.25) is 0 Å². The highest BCUT2D eigenvalue weighted by atomic mass is 19.1. The molecule has 0 atom stereocenters. The molecule has 1 saturated heterocycles. The van der Waals surface area contributed by atoms with E-state index in [4.69, 9.17) is 10.00 Å². The van der Waals surface area contributed by atoms with Crippen LogP contribution >= 0.6 is 0 Å². The number of rotatable bonds is 3. The number of carbonyl (C=O) groups is 1. The van der Waals surface area contributed by atoms with E-state index in [-0.39, 0.29) is 26.1 Å². The third-order valence-electron chi connectivity index (χ3n) is 2.81. The molecular formula is C13H13FN2O2. The number of carbonyl (C=O) groups excluding carboxylic acids is 1. The lowest BCUT2D eigenvalue weighted by Crippen LogP contribution is -2.60. The summed E-state index contributed by atoms with van der Waals surface area (Å²) in [6.07, 6.45) is -0.722. The first kappa shape index (κ1) is 12.4. The van der Waals surface area contributed by atoms with Gasteiger partial charge in [-0.3, -0.25) is 0 Å². The molecule has 1 amide bonds. The second kappa shape index (κ2) is 5.05. The van der Waals surface area contributed by atoms with E-state index in [0.29, 0.717) is 0 Å². The van der Waals surface area contributed by atoms with Crippen molar-refractivity contribution in [3.63, 3.8) is 0 Å². The number of benzene rings is 1. The first-order valence-corrected chi connectivity index (χ1v) is 5.64. The van der Waals surface area contributed by atoms with Gasteiger partial charge in [0.25, 0.3) is 0 Å². The summed E-state index contributed by atoms with van der Waals surface area (Å²) in [5.41, 5.74) is -0.671. The van der Waals surface area contributed by atoms with Crippen molar-refractivity contribution in [2.75, 3.05) is 13.1 Å². The Bertz CT molecular complexity index is 464. The van der Waals surface area contributed by atoms with Gasteiger partial charge in [0.05, 0.1) is 25.6 Å². The van der Waals surface area contributed by atoms with E-state index in [1.54, 1.807) is 6.07 Å². The first-order valence-electron chi connectivity index (χ1n) is 5.64. The van der Waals surface area contributed by atoms with Crippen molar-refractivity contribution in [2.24, 2.45) is 0 Å². The average molecular weight is 248 g/mol. The lowest BCUT2D eigenvalue weighted by molar-refractivity contribution is -0.0278. The molecule has 1 fully saturated rings. The fourth-order valence-corrected chi connectivity index (χ4v) is 1.83. The van der Waals surface area contributed by atoms with Gasteiger partial charge in [-0.1, -0.05) is 30.3 Å². The second-order valence-corrected chi connectivity index (χ2v) is 4.38. The topological polar surface area (TPSA) is 53.3 Å². The van der Waals surface area contributed by atoms with E-state index in [1.807, 2.05) is 30.3 Å². The van der Waals surface area contributed by atoms with Crippen LogP contribution in [0.15, 0.2) is 30.3 Å². The second-order valence-electron chi connectivity index (χ2n) is 4.38. The summed E-state index contributed by atoms with van der Waals surface area (Å²) in [6.45, 7) is 0.0517. The van der Waals surface area contributed by atoms with Gasteiger partial charge in [0.15, 0.2) is 5.67 Å². The Labute approximate surface area is 105 Å². The fourth-order valence-electron chi connectivity index (χ4n) is 1.83. The number of hydrogen-bond acceptors (Lipinski definition) is 3. The molecule has 0 saturated carbocycles. The summed E-state index contributed by atoms with van der Waals surface area (Å²) in [5.74, 6) is 0. The van der Waals surface area contributed by atoms with Crippen LogP contribution in [0.1, 0.15) is 12.0 Å². The van der Waals surface area contributed by atoms with Gasteiger partial charge in [0.2, 0.25) is 0 Å². The predicted molar refractivity (Wildman–Crippen MR) is 62.3 cm³/mol. The quantitative estimate of drug-likeness (QED) is 0.824. The predicted octanol–water partition coefficient (Wildman–Crippen LogP) is 2.26. The Hall–Kier alpha value is -2.09. The van der Waals surface area contributed by atoms with Gasteiger partial charge >= 0.3 is 6.09 Å². The molecule has 0 radical (unpaired) electrons. The lowest BCUT2D eigenvalue weighted by atomic mass is 9.94. The van der Waals surface area contributed by atoms with Gasteiger partial charge < -0.3 is 9.64 Å². The molecule has 0 N–H and O–H groups in total. The van der Waals surface area contributed by atoms with Gasteiger partial charge in [-0.2, -0.15) is 5.26 Å². The normalized spacial score (nSPS) is 16.6. The average Bonchev–Trinajstić information content (AvgIpc) is 2.34. The molecule has 1 aromatic rings. The van der Waals surface area contributed by atoms with Gasteiger partial charge in [-0.15, -0.1) is 0 Å². The zero-order chi connectivity index (χ0) is 13.0. The van der Waals surface area contributed by atoms with Crippen LogP contribution in [0.5, 0.6) is 0 Å². The Balaban J connectivity index is 1.76. The molecule has 4 nitrogen and oxygen atoms in total. The minimum absolute atomic E-state index is 0.0613. The lowest BCUT2D eigenvalue weighted by Gasteiger charge is -2.42. The van der Waals surface area contributed by atoms with Gasteiger partial charge in [0.1, 0.15) is 6.61 Å². The van der Waals surface area contributed by atoms with Crippen LogP contribution in [-0.2, 0) is 11.3 Å². The fraction of sp³-hybridized carbons (Fsp3) is 0.385. The van der Waals surface area contributed by atoms with E-state index in [9.17, 15) is 9.18 Å². The van der Waals surface area contributed by atoms with Crippen LogP contribution in [-0.4, -0.2) is 29.8 Å². The SMILES string of the molecule is N#CCC1(F)CN(C(=O)OCc2ccccc2)C1. The van der Waals surface area contributed by atoms with Crippen LogP contribution < -0.4 is 0 Å². The maximum Gasteiger partial charge on any atom is 0.410 e. The summed E-state index contributed by atoms with van der Waals surface area (Å²) in [6, 6.07) is 11.0. The molecule has 0 aromatic heterocycles.